The van der Waals surface area contributed by atoms with Gasteiger partial charge in [0, 0.05) is 6.42 Å². The SMILES string of the molecule is O=C1NC=CC=C[C](=[W])c2nccn2CCCCCc2ccc(OC3CCOC3)cc21. The van der Waals surface area contributed by atoms with Crippen LogP contribution in [-0.4, -0.2) is 38.7 Å². The van der Waals surface area contributed by atoms with E-state index in [1.165, 1.54) is 23.3 Å². The van der Waals surface area contributed by atoms with Crippen molar-refractivity contribution in [3.05, 3.63) is 72.0 Å². The average molecular weight is 589 g/mol. The number of carbonyl (C=O) groups excluding carboxylic acids is 1. The molecule has 1 amide bonds. The van der Waals surface area contributed by atoms with Gasteiger partial charge in [0.25, 0.3) is 0 Å². The number of aryl methyl sites for hydroxylation is 2. The van der Waals surface area contributed by atoms with Gasteiger partial charge in [-0.2, -0.15) is 0 Å². The van der Waals surface area contributed by atoms with Gasteiger partial charge in [-0.25, -0.2) is 0 Å². The molecule has 31 heavy (non-hydrogen) atoms. The van der Waals surface area contributed by atoms with Crippen molar-refractivity contribution in [1.29, 1.82) is 0 Å². The van der Waals surface area contributed by atoms with Crippen LogP contribution in [0.1, 0.15) is 47.4 Å². The van der Waals surface area contributed by atoms with Crippen molar-refractivity contribution in [1.82, 2.24) is 14.9 Å². The van der Waals surface area contributed by atoms with Gasteiger partial charge in [0.05, 0.1) is 13.2 Å². The Morgan fingerprint density at radius 3 is 3.03 bits per heavy atom. The van der Waals surface area contributed by atoms with Crippen LogP contribution in [0.2, 0.25) is 0 Å². The minimum atomic E-state index is -0.110. The molecule has 2 aliphatic rings. The van der Waals surface area contributed by atoms with E-state index in [0.717, 1.165) is 62.4 Å². The standard InChI is InChI=1S/C24H27N3O3.W/c28-24-22-17-20(30-21-11-16-29-18-21)10-9-19(22)7-3-2-6-14-27-15-13-25-23(27)8-4-1-5-12-26-24;/h1,4-5,9-10,12-13,15,17,21H,2-3,6-7,11,14,16,18H2,(H,26,28);. The number of hydrogen-bond donors (Lipinski definition) is 1. The molecule has 0 bridgehead atoms. The number of aromatic nitrogens is 2. The molecule has 7 heteroatoms. The molecule has 2 aromatic rings. The molecule has 6 nitrogen and oxygen atoms in total. The van der Waals surface area contributed by atoms with Crippen LogP contribution in [0.4, 0.5) is 0 Å². The summed E-state index contributed by atoms with van der Waals surface area (Å²) >= 11 is 1.37. The molecule has 0 radical (unpaired) electrons. The molecule has 1 atom stereocenters. The zero-order valence-corrected chi connectivity index (χ0v) is 20.4. The van der Waals surface area contributed by atoms with Crippen molar-refractivity contribution in [2.24, 2.45) is 0 Å². The molecule has 0 aliphatic carbocycles. The average Bonchev–Trinajstić information content (AvgIpc) is 3.45. The number of carbonyl (C=O) groups is 1. The Kier molecular flexibility index (Phi) is 7.65. The third-order valence-electron chi connectivity index (χ3n) is 5.47. The number of allylic oxidation sites excluding steroid dienone is 3. The second-order valence-electron chi connectivity index (χ2n) is 7.73. The number of ether oxygens (including phenoxy) is 2. The topological polar surface area (TPSA) is 65.4 Å². The van der Waals surface area contributed by atoms with Gasteiger partial charge in [-0.05, 0) is 0 Å². The van der Waals surface area contributed by atoms with Crippen molar-refractivity contribution in [2.45, 2.75) is 44.8 Å². The van der Waals surface area contributed by atoms with E-state index in [1.807, 2.05) is 42.6 Å². The summed E-state index contributed by atoms with van der Waals surface area (Å²) in [5.41, 5.74) is 1.74. The van der Waals surface area contributed by atoms with E-state index in [-0.39, 0.29) is 12.0 Å². The first-order valence-corrected chi connectivity index (χ1v) is 12.2. The second kappa shape index (κ2) is 10.8. The van der Waals surface area contributed by atoms with Gasteiger partial charge < -0.3 is 4.74 Å². The number of nitrogens with one attached hydrogen (secondary N) is 1. The van der Waals surface area contributed by atoms with Gasteiger partial charge in [0.15, 0.2) is 0 Å². The van der Waals surface area contributed by atoms with E-state index >= 15 is 0 Å². The molecule has 1 aromatic carbocycles. The van der Waals surface area contributed by atoms with Gasteiger partial charge in [-0.3, -0.25) is 0 Å². The summed E-state index contributed by atoms with van der Waals surface area (Å²) in [6, 6.07) is 5.87. The fourth-order valence-electron chi connectivity index (χ4n) is 3.82. The molecule has 1 fully saturated rings. The van der Waals surface area contributed by atoms with Crippen molar-refractivity contribution in [2.75, 3.05) is 13.2 Å². The van der Waals surface area contributed by atoms with Crippen LogP contribution >= 0.6 is 0 Å². The van der Waals surface area contributed by atoms with E-state index in [1.54, 1.807) is 6.20 Å². The second-order valence-corrected chi connectivity index (χ2v) is 9.31. The van der Waals surface area contributed by atoms with Gasteiger partial charge in [0.2, 0.25) is 0 Å². The van der Waals surface area contributed by atoms with E-state index in [9.17, 15) is 4.79 Å². The van der Waals surface area contributed by atoms with Crippen molar-refractivity contribution >= 4 is 9.81 Å². The number of fused-ring (bicyclic) bond motifs is 2. The van der Waals surface area contributed by atoms with Crippen LogP contribution in [0, 0.1) is 0 Å². The maximum atomic E-state index is 12.9. The van der Waals surface area contributed by atoms with Crippen molar-refractivity contribution in [3.8, 4) is 5.75 Å². The number of benzene rings is 1. The first-order valence-electron chi connectivity index (χ1n) is 10.8. The Morgan fingerprint density at radius 1 is 1.23 bits per heavy atom. The Morgan fingerprint density at radius 2 is 2.16 bits per heavy atom. The summed E-state index contributed by atoms with van der Waals surface area (Å²) in [6.45, 7) is 2.29. The summed E-state index contributed by atoms with van der Waals surface area (Å²) in [5.74, 6) is 1.64. The molecule has 4 rings (SSSR count). The van der Waals surface area contributed by atoms with Gasteiger partial charge in [-0.1, -0.05) is 0 Å². The Labute approximate surface area is 193 Å². The van der Waals surface area contributed by atoms with Crippen LogP contribution in [0.25, 0.3) is 0 Å². The predicted octanol–water partition coefficient (Wildman–Crippen LogP) is 3.34. The van der Waals surface area contributed by atoms with E-state index in [2.05, 4.69) is 21.1 Å². The van der Waals surface area contributed by atoms with Crippen LogP contribution in [0.15, 0.2) is 55.0 Å². The summed E-state index contributed by atoms with van der Waals surface area (Å²) in [4.78, 5) is 17.4. The van der Waals surface area contributed by atoms with Crippen LogP contribution in [0.3, 0.4) is 0 Å². The van der Waals surface area contributed by atoms with Gasteiger partial charge in [-0.15, -0.1) is 0 Å². The monoisotopic (exact) mass is 589 g/mol. The molecular weight excluding hydrogens is 562 g/mol. The number of imidazole rings is 1. The molecule has 0 spiro atoms. The zero-order chi connectivity index (χ0) is 21.5. The zero-order valence-electron chi connectivity index (χ0n) is 17.5. The Balaban J connectivity index is 1.52. The molecule has 0 saturated carbocycles. The first kappa shape index (κ1) is 21.9. The molecule has 3 heterocycles. The molecule has 162 valence electrons. The van der Waals surface area contributed by atoms with E-state index in [4.69, 9.17) is 9.47 Å². The Bertz CT molecular complexity index is 990. The van der Waals surface area contributed by atoms with Crippen LogP contribution < -0.4 is 10.1 Å². The van der Waals surface area contributed by atoms with Gasteiger partial charge in [0.1, 0.15) is 0 Å². The molecular formula is C24H27N3O3W. The molecule has 2 aliphatic heterocycles. The van der Waals surface area contributed by atoms with E-state index < -0.39 is 0 Å². The third kappa shape index (κ3) is 5.90. The van der Waals surface area contributed by atoms with Crippen LogP contribution in [-0.2, 0) is 37.1 Å². The first-order chi connectivity index (χ1) is 15.2. The normalized spacial score (nSPS) is 20.2. The van der Waals surface area contributed by atoms with Crippen LogP contribution in [0.5, 0.6) is 5.75 Å². The molecule has 1 unspecified atom stereocenters. The minimum absolute atomic E-state index is 0.0621. The third-order valence-corrected chi connectivity index (χ3v) is 6.61. The number of rotatable bonds is 2. The predicted molar refractivity (Wildman–Crippen MR) is 116 cm³/mol. The molecule has 1 N–H and O–H groups in total. The molecule has 1 saturated heterocycles. The summed E-state index contributed by atoms with van der Waals surface area (Å²) in [7, 11) is 0. The van der Waals surface area contributed by atoms with Crippen molar-refractivity contribution in [3.63, 3.8) is 0 Å². The van der Waals surface area contributed by atoms with E-state index in [0.29, 0.717) is 12.2 Å². The number of hydrogen-bond acceptors (Lipinski definition) is 4. The Hall–Kier alpha value is -2.30. The van der Waals surface area contributed by atoms with Gasteiger partial charge >= 0.3 is 170 Å². The quantitative estimate of drug-likeness (QED) is 0.584. The maximum absolute atomic E-state index is 12.9. The fraction of sp³-hybridized carbons (Fsp3) is 0.375. The summed E-state index contributed by atoms with van der Waals surface area (Å²) in [5, 5.41) is 2.90. The number of nitrogens with zero attached hydrogens (tertiary/aromatic N) is 2. The summed E-state index contributed by atoms with van der Waals surface area (Å²) in [6.07, 6.45) is 16.5. The molecule has 1 aromatic heterocycles. The summed E-state index contributed by atoms with van der Waals surface area (Å²) < 4.78 is 14.8. The number of amides is 1. The van der Waals surface area contributed by atoms with Crippen molar-refractivity contribution < 1.29 is 33.6 Å². The fourth-order valence-corrected chi connectivity index (χ4v) is 4.71.